The molecular formula is C24H20O2. The summed E-state index contributed by atoms with van der Waals surface area (Å²) in [7, 11) is 0. The smallest absolute Gasteiger partial charge is 0.193 e. The molecule has 3 aromatic carbocycles. The summed E-state index contributed by atoms with van der Waals surface area (Å²) in [5.74, 6) is -0.329. The van der Waals surface area contributed by atoms with Gasteiger partial charge in [0.2, 0.25) is 0 Å². The number of hydrogen-bond acceptors (Lipinski definition) is 2. The molecule has 3 aromatic rings. The zero-order valence-electron chi connectivity index (χ0n) is 14.9. The van der Waals surface area contributed by atoms with Crippen LogP contribution in [-0.2, 0) is 0 Å². The average molecular weight is 340 g/mol. The van der Waals surface area contributed by atoms with Crippen molar-refractivity contribution in [1.82, 2.24) is 0 Å². The van der Waals surface area contributed by atoms with E-state index in [1.165, 1.54) is 6.08 Å². The molecule has 0 bridgehead atoms. The van der Waals surface area contributed by atoms with E-state index in [9.17, 15) is 9.59 Å². The number of carbonyl (C=O) groups is 2. The van der Waals surface area contributed by atoms with E-state index in [1.807, 2.05) is 74.5 Å². The van der Waals surface area contributed by atoms with Crippen LogP contribution in [0.4, 0.5) is 0 Å². The van der Waals surface area contributed by atoms with Gasteiger partial charge in [0.05, 0.1) is 0 Å². The van der Waals surface area contributed by atoms with Crippen molar-refractivity contribution in [2.45, 2.75) is 13.8 Å². The quantitative estimate of drug-likeness (QED) is 0.457. The highest BCUT2D eigenvalue weighted by molar-refractivity contribution is 6.32. The molecule has 0 amide bonds. The topological polar surface area (TPSA) is 34.1 Å². The van der Waals surface area contributed by atoms with Gasteiger partial charge in [0.1, 0.15) is 0 Å². The first-order chi connectivity index (χ1) is 12.6. The highest BCUT2D eigenvalue weighted by atomic mass is 16.1. The first-order valence-corrected chi connectivity index (χ1v) is 8.54. The molecule has 0 aliphatic carbocycles. The van der Waals surface area contributed by atoms with E-state index in [4.69, 9.17) is 0 Å². The van der Waals surface area contributed by atoms with Gasteiger partial charge in [0, 0.05) is 16.7 Å². The number of aryl methyl sites for hydroxylation is 2. The van der Waals surface area contributed by atoms with Crippen LogP contribution in [0.15, 0.2) is 84.9 Å². The fourth-order valence-corrected chi connectivity index (χ4v) is 2.75. The number of rotatable bonds is 5. The standard InChI is InChI=1S/C24H20O2/c1-17-13-14-21(15-18(17)2)23(25)16-22(19-9-5-3-6-10-19)24(26)20-11-7-4-8-12-20/h3-16H,1-2H3. The third-order valence-electron chi connectivity index (χ3n) is 4.43. The molecule has 0 aromatic heterocycles. The van der Waals surface area contributed by atoms with Gasteiger partial charge in [0.15, 0.2) is 11.6 Å². The summed E-state index contributed by atoms with van der Waals surface area (Å²) in [6.45, 7) is 3.98. The summed E-state index contributed by atoms with van der Waals surface area (Å²) >= 11 is 0. The molecule has 0 aliphatic heterocycles. The Morgan fingerprint density at radius 2 is 1.23 bits per heavy atom. The molecule has 0 saturated carbocycles. The van der Waals surface area contributed by atoms with Crippen LogP contribution < -0.4 is 0 Å². The Hall–Kier alpha value is -3.26. The molecule has 26 heavy (non-hydrogen) atoms. The van der Waals surface area contributed by atoms with Gasteiger partial charge in [-0.15, -0.1) is 0 Å². The third kappa shape index (κ3) is 3.86. The van der Waals surface area contributed by atoms with Gasteiger partial charge in [-0.05, 0) is 42.7 Å². The predicted molar refractivity (Wildman–Crippen MR) is 105 cm³/mol. The molecule has 0 spiro atoms. The van der Waals surface area contributed by atoms with Gasteiger partial charge in [-0.1, -0.05) is 72.8 Å². The lowest BCUT2D eigenvalue weighted by Crippen LogP contribution is -2.06. The molecule has 0 aliphatic rings. The van der Waals surface area contributed by atoms with Gasteiger partial charge in [-0.25, -0.2) is 0 Å². The van der Waals surface area contributed by atoms with Crippen LogP contribution in [0.1, 0.15) is 37.4 Å². The maximum absolute atomic E-state index is 13.0. The molecule has 0 atom stereocenters. The van der Waals surface area contributed by atoms with Gasteiger partial charge >= 0.3 is 0 Å². The van der Waals surface area contributed by atoms with Crippen LogP contribution in [-0.4, -0.2) is 11.6 Å². The Morgan fingerprint density at radius 1 is 0.654 bits per heavy atom. The molecule has 2 heteroatoms. The molecule has 0 unspecified atom stereocenters. The molecule has 0 radical (unpaired) electrons. The van der Waals surface area contributed by atoms with Crippen molar-refractivity contribution in [3.8, 4) is 0 Å². The summed E-state index contributed by atoms with van der Waals surface area (Å²) in [5.41, 5.74) is 4.48. The SMILES string of the molecule is Cc1ccc(C(=O)C=C(C(=O)c2ccccc2)c2ccccc2)cc1C. The van der Waals surface area contributed by atoms with E-state index in [0.717, 1.165) is 16.7 Å². The minimum absolute atomic E-state index is 0.158. The normalized spacial score (nSPS) is 11.2. The second-order valence-corrected chi connectivity index (χ2v) is 6.28. The number of hydrogen-bond donors (Lipinski definition) is 0. The van der Waals surface area contributed by atoms with Crippen molar-refractivity contribution in [1.29, 1.82) is 0 Å². The summed E-state index contributed by atoms with van der Waals surface area (Å²) in [6.07, 6.45) is 1.45. The van der Waals surface area contributed by atoms with Gasteiger partial charge < -0.3 is 0 Å². The minimum Gasteiger partial charge on any atom is -0.289 e. The van der Waals surface area contributed by atoms with E-state index >= 15 is 0 Å². The van der Waals surface area contributed by atoms with Crippen LogP contribution >= 0.6 is 0 Å². The summed E-state index contributed by atoms with van der Waals surface area (Å²) in [6, 6.07) is 23.9. The lowest BCUT2D eigenvalue weighted by molar-refractivity contribution is 0.102. The fraction of sp³-hybridized carbons (Fsp3) is 0.0833. The van der Waals surface area contributed by atoms with Crippen molar-refractivity contribution in [3.05, 3.63) is 113 Å². The predicted octanol–water partition coefficient (Wildman–Crippen LogP) is 5.45. The molecular weight excluding hydrogens is 320 g/mol. The van der Waals surface area contributed by atoms with Gasteiger partial charge in [-0.2, -0.15) is 0 Å². The van der Waals surface area contributed by atoms with E-state index in [1.54, 1.807) is 18.2 Å². The lowest BCUT2D eigenvalue weighted by Gasteiger charge is -2.08. The van der Waals surface area contributed by atoms with Crippen LogP contribution in [0.2, 0.25) is 0 Å². The van der Waals surface area contributed by atoms with Crippen molar-refractivity contribution in [2.24, 2.45) is 0 Å². The van der Waals surface area contributed by atoms with E-state index in [2.05, 4.69) is 0 Å². The Labute approximate surface area is 153 Å². The third-order valence-corrected chi connectivity index (χ3v) is 4.43. The largest absolute Gasteiger partial charge is 0.289 e. The van der Waals surface area contributed by atoms with E-state index in [-0.39, 0.29) is 11.6 Å². The van der Waals surface area contributed by atoms with Crippen LogP contribution in [0.3, 0.4) is 0 Å². The van der Waals surface area contributed by atoms with Crippen LogP contribution in [0.5, 0.6) is 0 Å². The molecule has 0 fully saturated rings. The average Bonchev–Trinajstić information content (AvgIpc) is 2.69. The van der Waals surface area contributed by atoms with Crippen molar-refractivity contribution in [3.63, 3.8) is 0 Å². The first kappa shape index (κ1) is 17.6. The molecule has 0 saturated heterocycles. The Kier molecular flexibility index (Phi) is 5.23. The summed E-state index contributed by atoms with van der Waals surface area (Å²) in [4.78, 5) is 25.8. The molecule has 3 rings (SSSR count). The maximum atomic E-state index is 13.0. The Morgan fingerprint density at radius 3 is 1.81 bits per heavy atom. The summed E-state index contributed by atoms with van der Waals surface area (Å²) in [5, 5.41) is 0. The molecule has 128 valence electrons. The monoisotopic (exact) mass is 340 g/mol. The number of allylic oxidation sites excluding steroid dienone is 2. The molecule has 0 heterocycles. The first-order valence-electron chi connectivity index (χ1n) is 8.54. The fourth-order valence-electron chi connectivity index (χ4n) is 2.75. The number of carbonyl (C=O) groups excluding carboxylic acids is 2. The van der Waals surface area contributed by atoms with E-state index in [0.29, 0.717) is 16.7 Å². The second-order valence-electron chi connectivity index (χ2n) is 6.28. The number of ketones is 2. The highest BCUT2D eigenvalue weighted by Crippen LogP contribution is 2.21. The number of benzene rings is 3. The maximum Gasteiger partial charge on any atom is 0.193 e. The molecule has 0 N–H and O–H groups in total. The van der Waals surface area contributed by atoms with Crippen LogP contribution in [0, 0.1) is 13.8 Å². The van der Waals surface area contributed by atoms with Gasteiger partial charge in [0.25, 0.3) is 0 Å². The van der Waals surface area contributed by atoms with Crippen molar-refractivity contribution in [2.75, 3.05) is 0 Å². The van der Waals surface area contributed by atoms with Crippen molar-refractivity contribution < 1.29 is 9.59 Å². The number of Topliss-reactive ketones (excluding diaryl/α,β-unsaturated/α-hetero) is 1. The minimum atomic E-state index is -0.170. The Balaban J connectivity index is 2.05. The highest BCUT2D eigenvalue weighted by Gasteiger charge is 2.16. The zero-order valence-corrected chi connectivity index (χ0v) is 14.9. The van der Waals surface area contributed by atoms with Gasteiger partial charge in [-0.3, -0.25) is 9.59 Å². The second kappa shape index (κ2) is 7.75. The zero-order chi connectivity index (χ0) is 18.5. The van der Waals surface area contributed by atoms with Crippen molar-refractivity contribution >= 4 is 17.1 Å². The lowest BCUT2D eigenvalue weighted by atomic mass is 9.94. The van der Waals surface area contributed by atoms with E-state index < -0.39 is 0 Å². The summed E-state index contributed by atoms with van der Waals surface area (Å²) < 4.78 is 0. The molecule has 2 nitrogen and oxygen atoms in total. The Bertz CT molecular complexity index is 968. The van der Waals surface area contributed by atoms with Crippen LogP contribution in [0.25, 0.3) is 5.57 Å².